The highest BCUT2D eigenvalue weighted by molar-refractivity contribution is 5.73. The van der Waals surface area contributed by atoms with Crippen molar-refractivity contribution in [1.29, 1.82) is 0 Å². The smallest absolute Gasteiger partial charge is 0.410 e. The van der Waals surface area contributed by atoms with Gasteiger partial charge >= 0.3 is 12.1 Å². The Morgan fingerprint density at radius 3 is 2.32 bits per heavy atom. The fourth-order valence-electron chi connectivity index (χ4n) is 3.51. The summed E-state index contributed by atoms with van der Waals surface area (Å²) < 4.78 is 5.26. The number of carbonyl (C=O) groups is 2. The topological polar surface area (TPSA) is 66.8 Å². The summed E-state index contributed by atoms with van der Waals surface area (Å²) in [4.78, 5) is 25.6. The second-order valence-corrected chi connectivity index (χ2v) is 7.09. The van der Waals surface area contributed by atoms with Gasteiger partial charge < -0.3 is 9.84 Å². The van der Waals surface area contributed by atoms with E-state index in [9.17, 15) is 14.7 Å². The van der Waals surface area contributed by atoms with Gasteiger partial charge in [0.15, 0.2) is 0 Å². The van der Waals surface area contributed by atoms with Crippen LogP contribution in [0, 0.1) is 5.92 Å². The highest BCUT2D eigenvalue weighted by Gasteiger charge is 2.35. The minimum atomic E-state index is -0.878. The molecule has 3 atom stereocenters. The summed E-state index contributed by atoms with van der Waals surface area (Å²) in [5, 5.41) is 9.56. The van der Waals surface area contributed by atoms with Crippen LogP contribution in [0.5, 0.6) is 0 Å². The molecule has 1 amide bonds. The molecular formula is C23H25NO4. The normalized spacial score (nSPS) is 18.8. The van der Waals surface area contributed by atoms with Crippen molar-refractivity contribution in [3.63, 3.8) is 0 Å². The van der Waals surface area contributed by atoms with Gasteiger partial charge in [0.25, 0.3) is 0 Å². The van der Waals surface area contributed by atoms with Crippen LogP contribution in [0.25, 0.3) is 0 Å². The standard InChI is InChI=1S/C23H25NO4/c1-17(12-13-20(22(25)26)14-18-8-4-2-5-9-18)24-21(16-28-23(24)27)15-19-10-6-3-7-11-19/h2-13,17,20-21H,14-16H2,1H3,(H,25,26)/t17?,20-,21?/m0/s1. The minimum absolute atomic E-state index is 0.0630. The average molecular weight is 379 g/mol. The van der Waals surface area contributed by atoms with Crippen molar-refractivity contribution < 1.29 is 19.4 Å². The van der Waals surface area contributed by atoms with Crippen molar-refractivity contribution >= 4 is 12.1 Å². The molecule has 0 aromatic heterocycles. The molecule has 1 saturated heterocycles. The van der Waals surface area contributed by atoms with Gasteiger partial charge in [0.1, 0.15) is 6.61 Å². The summed E-state index contributed by atoms with van der Waals surface area (Å²) in [5.74, 6) is -1.52. The minimum Gasteiger partial charge on any atom is -0.481 e. The van der Waals surface area contributed by atoms with E-state index in [0.717, 1.165) is 11.1 Å². The lowest BCUT2D eigenvalue weighted by molar-refractivity contribution is -0.140. The zero-order valence-corrected chi connectivity index (χ0v) is 15.9. The highest BCUT2D eigenvalue weighted by Crippen LogP contribution is 2.21. The van der Waals surface area contributed by atoms with Crippen molar-refractivity contribution in [2.75, 3.05) is 6.61 Å². The molecule has 1 aliphatic rings. The maximum absolute atomic E-state index is 12.2. The zero-order chi connectivity index (χ0) is 19.9. The zero-order valence-electron chi connectivity index (χ0n) is 15.9. The molecule has 5 heteroatoms. The number of aliphatic carboxylic acids is 1. The van der Waals surface area contributed by atoms with Crippen molar-refractivity contribution in [3.8, 4) is 0 Å². The van der Waals surface area contributed by atoms with Crippen LogP contribution in [0.1, 0.15) is 18.1 Å². The van der Waals surface area contributed by atoms with E-state index in [0.29, 0.717) is 19.4 Å². The number of carbonyl (C=O) groups excluding carboxylic acids is 1. The van der Waals surface area contributed by atoms with Crippen LogP contribution in [0.3, 0.4) is 0 Å². The lowest BCUT2D eigenvalue weighted by Crippen LogP contribution is -2.41. The number of rotatable bonds is 8. The maximum Gasteiger partial charge on any atom is 0.410 e. The maximum atomic E-state index is 12.2. The first kappa shape index (κ1) is 19.7. The van der Waals surface area contributed by atoms with Crippen LogP contribution < -0.4 is 0 Å². The van der Waals surface area contributed by atoms with E-state index in [1.807, 2.05) is 67.6 Å². The van der Waals surface area contributed by atoms with E-state index < -0.39 is 11.9 Å². The molecular weight excluding hydrogens is 354 g/mol. The molecule has 0 saturated carbocycles. The number of carboxylic acid groups (broad SMARTS) is 1. The van der Waals surface area contributed by atoms with Gasteiger partial charge in [-0.2, -0.15) is 0 Å². The molecule has 28 heavy (non-hydrogen) atoms. The second-order valence-electron chi connectivity index (χ2n) is 7.09. The summed E-state index contributed by atoms with van der Waals surface area (Å²) in [7, 11) is 0. The third-order valence-corrected chi connectivity index (χ3v) is 4.99. The first-order valence-electron chi connectivity index (χ1n) is 9.48. The molecule has 0 bridgehead atoms. The van der Waals surface area contributed by atoms with Gasteiger partial charge in [-0.1, -0.05) is 72.8 Å². The summed E-state index contributed by atoms with van der Waals surface area (Å²) >= 11 is 0. The Kier molecular flexibility index (Phi) is 6.48. The molecule has 0 radical (unpaired) electrons. The van der Waals surface area contributed by atoms with Gasteiger partial charge in [-0.15, -0.1) is 0 Å². The van der Waals surface area contributed by atoms with Crippen LogP contribution in [0.4, 0.5) is 4.79 Å². The molecule has 2 unspecified atom stereocenters. The van der Waals surface area contributed by atoms with Gasteiger partial charge in [-0.05, 0) is 30.9 Å². The molecule has 5 nitrogen and oxygen atoms in total. The number of ether oxygens (including phenoxy) is 1. The van der Waals surface area contributed by atoms with Crippen molar-refractivity contribution in [2.24, 2.45) is 5.92 Å². The van der Waals surface area contributed by atoms with Crippen molar-refractivity contribution in [3.05, 3.63) is 83.9 Å². The first-order valence-corrected chi connectivity index (χ1v) is 9.48. The summed E-state index contributed by atoms with van der Waals surface area (Å²) in [6.45, 7) is 2.24. The summed E-state index contributed by atoms with van der Waals surface area (Å²) in [6.07, 6.45) is 4.25. The molecule has 1 aliphatic heterocycles. The number of carboxylic acids is 1. The van der Waals surface area contributed by atoms with E-state index in [2.05, 4.69) is 0 Å². The Balaban J connectivity index is 1.68. The quantitative estimate of drug-likeness (QED) is 0.706. The molecule has 1 fully saturated rings. The highest BCUT2D eigenvalue weighted by atomic mass is 16.6. The van der Waals surface area contributed by atoms with E-state index in [1.165, 1.54) is 0 Å². The Hall–Kier alpha value is -3.08. The van der Waals surface area contributed by atoms with Crippen molar-refractivity contribution in [2.45, 2.75) is 31.8 Å². The molecule has 2 aromatic carbocycles. The lowest BCUT2D eigenvalue weighted by Gasteiger charge is -2.26. The number of nitrogens with zero attached hydrogens (tertiary/aromatic N) is 1. The SMILES string of the molecule is CC(C=C[C@@H](Cc1ccccc1)C(=O)O)N1C(=O)OCC1Cc1ccccc1. The molecule has 1 N–H and O–H groups in total. The third-order valence-electron chi connectivity index (χ3n) is 4.99. The number of hydrogen-bond donors (Lipinski definition) is 1. The predicted molar refractivity (Wildman–Crippen MR) is 107 cm³/mol. The third kappa shape index (κ3) is 5.00. The Morgan fingerprint density at radius 1 is 1.11 bits per heavy atom. The van der Waals surface area contributed by atoms with Gasteiger partial charge in [-0.3, -0.25) is 9.69 Å². The van der Waals surface area contributed by atoms with E-state index in [1.54, 1.807) is 17.1 Å². The van der Waals surface area contributed by atoms with Crippen LogP contribution in [-0.2, 0) is 22.4 Å². The van der Waals surface area contributed by atoms with Crippen LogP contribution in [-0.4, -0.2) is 40.8 Å². The Bertz CT molecular complexity index is 819. The lowest BCUT2D eigenvalue weighted by atomic mass is 9.98. The predicted octanol–water partition coefficient (Wildman–Crippen LogP) is 3.94. The monoisotopic (exact) mass is 379 g/mol. The van der Waals surface area contributed by atoms with E-state index in [-0.39, 0.29) is 18.2 Å². The van der Waals surface area contributed by atoms with Crippen LogP contribution in [0.15, 0.2) is 72.8 Å². The number of amides is 1. The average Bonchev–Trinajstić information content (AvgIpc) is 3.06. The molecule has 2 aromatic rings. The molecule has 1 heterocycles. The molecule has 0 aliphatic carbocycles. The Morgan fingerprint density at radius 2 is 1.71 bits per heavy atom. The first-order chi connectivity index (χ1) is 13.5. The van der Waals surface area contributed by atoms with Crippen molar-refractivity contribution in [1.82, 2.24) is 4.90 Å². The van der Waals surface area contributed by atoms with Gasteiger partial charge in [0.2, 0.25) is 0 Å². The second kappa shape index (κ2) is 9.22. The molecule has 0 spiro atoms. The number of benzene rings is 2. The van der Waals surface area contributed by atoms with Gasteiger partial charge in [-0.25, -0.2) is 4.79 Å². The fourth-order valence-corrected chi connectivity index (χ4v) is 3.51. The van der Waals surface area contributed by atoms with Crippen LogP contribution >= 0.6 is 0 Å². The summed E-state index contributed by atoms with van der Waals surface area (Å²) in [6, 6.07) is 19.2. The number of cyclic esters (lactones) is 1. The molecule has 146 valence electrons. The van der Waals surface area contributed by atoms with E-state index >= 15 is 0 Å². The van der Waals surface area contributed by atoms with E-state index in [4.69, 9.17) is 4.74 Å². The van der Waals surface area contributed by atoms with Crippen LogP contribution in [0.2, 0.25) is 0 Å². The largest absolute Gasteiger partial charge is 0.481 e. The Labute approximate surface area is 165 Å². The molecule has 3 rings (SSSR count). The summed E-state index contributed by atoms with van der Waals surface area (Å²) in [5.41, 5.74) is 2.11. The number of hydrogen-bond acceptors (Lipinski definition) is 3. The van der Waals surface area contributed by atoms with Gasteiger partial charge in [0, 0.05) is 0 Å². The fraction of sp³-hybridized carbons (Fsp3) is 0.304. The van der Waals surface area contributed by atoms with Gasteiger partial charge in [0.05, 0.1) is 18.0 Å².